The molecule has 1 aromatic carbocycles. The molecule has 0 aromatic heterocycles. The molecule has 0 amide bonds. The van der Waals surface area contributed by atoms with Gasteiger partial charge in [-0.25, -0.2) is 4.39 Å². The SMILES string of the molecule is CSc1c(F)cccc1C(C)CC=O. The van der Waals surface area contributed by atoms with E-state index in [0.717, 1.165) is 11.8 Å². The minimum absolute atomic E-state index is 0.0886. The number of benzene rings is 1. The summed E-state index contributed by atoms with van der Waals surface area (Å²) in [5, 5.41) is 0. The zero-order valence-corrected chi connectivity index (χ0v) is 9.10. The van der Waals surface area contributed by atoms with Crippen LogP contribution in [0.5, 0.6) is 0 Å². The maximum Gasteiger partial charge on any atom is 0.137 e. The van der Waals surface area contributed by atoms with E-state index < -0.39 is 0 Å². The second-order valence-corrected chi connectivity index (χ2v) is 3.98. The van der Waals surface area contributed by atoms with E-state index in [1.165, 1.54) is 17.8 Å². The lowest BCUT2D eigenvalue weighted by molar-refractivity contribution is -0.108. The Labute approximate surface area is 87.7 Å². The fourth-order valence-corrected chi connectivity index (χ4v) is 2.17. The van der Waals surface area contributed by atoms with E-state index in [9.17, 15) is 9.18 Å². The fraction of sp³-hybridized carbons (Fsp3) is 0.364. The lowest BCUT2D eigenvalue weighted by atomic mass is 9.98. The molecule has 0 fully saturated rings. The molecule has 0 aliphatic heterocycles. The molecule has 0 spiro atoms. The van der Waals surface area contributed by atoms with Crippen LogP contribution in [-0.4, -0.2) is 12.5 Å². The molecule has 0 radical (unpaired) electrons. The number of carbonyl (C=O) groups is 1. The van der Waals surface area contributed by atoms with Crippen molar-refractivity contribution >= 4 is 18.0 Å². The number of hydrogen-bond acceptors (Lipinski definition) is 2. The fourth-order valence-electron chi connectivity index (χ4n) is 1.40. The van der Waals surface area contributed by atoms with Gasteiger partial charge in [-0.1, -0.05) is 19.1 Å². The Balaban J connectivity index is 3.06. The number of carbonyl (C=O) groups excluding carboxylic acids is 1. The van der Waals surface area contributed by atoms with Crippen LogP contribution in [-0.2, 0) is 4.79 Å². The Morgan fingerprint density at radius 2 is 2.29 bits per heavy atom. The van der Waals surface area contributed by atoms with Crippen molar-refractivity contribution < 1.29 is 9.18 Å². The molecule has 14 heavy (non-hydrogen) atoms. The third-order valence-electron chi connectivity index (χ3n) is 2.18. The monoisotopic (exact) mass is 212 g/mol. The van der Waals surface area contributed by atoms with Crippen LogP contribution in [0.2, 0.25) is 0 Å². The first-order valence-electron chi connectivity index (χ1n) is 4.46. The first-order chi connectivity index (χ1) is 6.70. The van der Waals surface area contributed by atoms with Crippen LogP contribution in [0.25, 0.3) is 0 Å². The smallest absolute Gasteiger partial charge is 0.137 e. The van der Waals surface area contributed by atoms with Crippen LogP contribution < -0.4 is 0 Å². The summed E-state index contributed by atoms with van der Waals surface area (Å²) in [4.78, 5) is 11.0. The minimum atomic E-state index is -0.201. The number of thioether (sulfide) groups is 1. The van der Waals surface area contributed by atoms with Crippen molar-refractivity contribution in [1.29, 1.82) is 0 Å². The van der Waals surface area contributed by atoms with Gasteiger partial charge in [0.25, 0.3) is 0 Å². The summed E-state index contributed by atoms with van der Waals surface area (Å²) in [5.41, 5.74) is 0.921. The van der Waals surface area contributed by atoms with Crippen molar-refractivity contribution in [3.63, 3.8) is 0 Å². The molecule has 1 nitrogen and oxygen atoms in total. The third kappa shape index (κ3) is 2.35. The highest BCUT2D eigenvalue weighted by molar-refractivity contribution is 7.98. The van der Waals surface area contributed by atoms with E-state index in [-0.39, 0.29) is 11.7 Å². The number of halogens is 1. The predicted octanol–water partition coefficient (Wildman–Crippen LogP) is 3.24. The lowest BCUT2D eigenvalue weighted by Crippen LogP contribution is -1.98. The number of hydrogen-bond donors (Lipinski definition) is 0. The van der Waals surface area contributed by atoms with Gasteiger partial charge < -0.3 is 4.79 Å². The molecule has 0 saturated heterocycles. The molecule has 0 bridgehead atoms. The van der Waals surface area contributed by atoms with Crippen LogP contribution >= 0.6 is 11.8 Å². The normalized spacial score (nSPS) is 12.5. The van der Waals surface area contributed by atoms with Crippen molar-refractivity contribution in [2.45, 2.75) is 24.2 Å². The van der Waals surface area contributed by atoms with Gasteiger partial charge in [-0.05, 0) is 23.8 Å². The molecule has 3 heteroatoms. The highest BCUT2D eigenvalue weighted by atomic mass is 32.2. The second-order valence-electron chi connectivity index (χ2n) is 3.17. The summed E-state index contributed by atoms with van der Waals surface area (Å²) in [6, 6.07) is 5.01. The minimum Gasteiger partial charge on any atom is -0.303 e. The van der Waals surface area contributed by atoms with E-state index in [2.05, 4.69) is 0 Å². The predicted molar refractivity (Wildman–Crippen MR) is 57.3 cm³/mol. The molecule has 0 N–H and O–H groups in total. The van der Waals surface area contributed by atoms with E-state index in [0.29, 0.717) is 11.3 Å². The van der Waals surface area contributed by atoms with E-state index in [1.807, 2.05) is 19.2 Å². The van der Waals surface area contributed by atoms with E-state index >= 15 is 0 Å². The molecule has 0 heterocycles. The largest absolute Gasteiger partial charge is 0.303 e. The van der Waals surface area contributed by atoms with Gasteiger partial charge in [0.1, 0.15) is 12.1 Å². The van der Waals surface area contributed by atoms with Crippen LogP contribution in [0, 0.1) is 5.82 Å². The summed E-state index contributed by atoms with van der Waals surface area (Å²) in [7, 11) is 0. The standard InChI is InChI=1S/C11H13FOS/c1-8(6-7-13)9-4-3-5-10(12)11(9)14-2/h3-5,7-8H,6H2,1-2H3. The van der Waals surface area contributed by atoms with E-state index in [1.54, 1.807) is 6.07 Å². The van der Waals surface area contributed by atoms with Crippen molar-refractivity contribution in [3.8, 4) is 0 Å². The van der Waals surface area contributed by atoms with Crippen LogP contribution in [0.3, 0.4) is 0 Å². The van der Waals surface area contributed by atoms with Gasteiger partial charge in [0.05, 0.1) is 0 Å². The Kier molecular flexibility index (Phi) is 4.14. The van der Waals surface area contributed by atoms with Crippen LogP contribution in [0.1, 0.15) is 24.8 Å². The highest BCUT2D eigenvalue weighted by Gasteiger charge is 2.12. The van der Waals surface area contributed by atoms with Gasteiger partial charge in [0.2, 0.25) is 0 Å². The first kappa shape index (κ1) is 11.2. The van der Waals surface area contributed by atoms with Crippen LogP contribution in [0.15, 0.2) is 23.1 Å². The summed E-state index contributed by atoms with van der Waals surface area (Å²) in [6.07, 6.45) is 3.16. The van der Waals surface area contributed by atoms with Crippen molar-refractivity contribution in [1.82, 2.24) is 0 Å². The summed E-state index contributed by atoms with van der Waals surface area (Å²) >= 11 is 1.39. The summed E-state index contributed by atoms with van der Waals surface area (Å²) < 4.78 is 13.3. The molecule has 1 rings (SSSR count). The quantitative estimate of drug-likeness (QED) is 0.563. The average molecular weight is 212 g/mol. The lowest BCUT2D eigenvalue weighted by Gasteiger charge is -2.13. The first-order valence-corrected chi connectivity index (χ1v) is 5.69. The molecular weight excluding hydrogens is 199 g/mol. The van der Waals surface area contributed by atoms with Gasteiger partial charge in [-0.15, -0.1) is 11.8 Å². The van der Waals surface area contributed by atoms with Gasteiger partial charge in [-0.3, -0.25) is 0 Å². The molecule has 1 unspecified atom stereocenters. The van der Waals surface area contributed by atoms with Crippen molar-refractivity contribution in [2.24, 2.45) is 0 Å². The molecule has 1 atom stereocenters. The Hall–Kier alpha value is -0.830. The van der Waals surface area contributed by atoms with E-state index in [4.69, 9.17) is 0 Å². The Morgan fingerprint density at radius 1 is 1.57 bits per heavy atom. The van der Waals surface area contributed by atoms with Gasteiger partial charge in [-0.2, -0.15) is 0 Å². The van der Waals surface area contributed by atoms with Crippen molar-refractivity contribution in [3.05, 3.63) is 29.6 Å². The second kappa shape index (κ2) is 5.15. The Morgan fingerprint density at radius 3 is 2.86 bits per heavy atom. The average Bonchev–Trinajstić information content (AvgIpc) is 2.17. The van der Waals surface area contributed by atoms with Crippen molar-refractivity contribution in [2.75, 3.05) is 6.26 Å². The number of rotatable bonds is 4. The summed E-state index contributed by atoms with van der Waals surface area (Å²) in [5.74, 6) is -0.113. The molecule has 1 aromatic rings. The molecule has 0 saturated carbocycles. The zero-order chi connectivity index (χ0) is 10.6. The topological polar surface area (TPSA) is 17.1 Å². The Bertz CT molecular complexity index is 325. The number of aldehydes is 1. The molecule has 0 aliphatic carbocycles. The molecule has 76 valence electrons. The maximum atomic E-state index is 13.3. The van der Waals surface area contributed by atoms with Gasteiger partial charge in [0.15, 0.2) is 0 Å². The van der Waals surface area contributed by atoms with Gasteiger partial charge in [0, 0.05) is 11.3 Å². The molecular formula is C11H13FOS. The maximum absolute atomic E-state index is 13.3. The van der Waals surface area contributed by atoms with Gasteiger partial charge >= 0.3 is 0 Å². The van der Waals surface area contributed by atoms with Crippen LogP contribution in [0.4, 0.5) is 4.39 Å². The molecule has 0 aliphatic rings. The highest BCUT2D eigenvalue weighted by Crippen LogP contribution is 2.30. The third-order valence-corrected chi connectivity index (χ3v) is 3.02. The zero-order valence-electron chi connectivity index (χ0n) is 8.29. The summed E-state index contributed by atoms with van der Waals surface area (Å²) in [6.45, 7) is 1.93.